The van der Waals surface area contributed by atoms with Crippen molar-refractivity contribution in [2.75, 3.05) is 12.4 Å². The molecule has 0 heterocycles. The summed E-state index contributed by atoms with van der Waals surface area (Å²) in [4.78, 5) is 0. The van der Waals surface area contributed by atoms with Crippen LogP contribution < -0.4 is 0 Å². The Morgan fingerprint density at radius 1 is 1.00 bits per heavy atom. The van der Waals surface area contributed by atoms with Crippen molar-refractivity contribution in [2.45, 2.75) is 78.4 Å². The highest BCUT2D eigenvalue weighted by molar-refractivity contribution is 7.79. The zero-order chi connectivity index (χ0) is 15.1. The van der Waals surface area contributed by atoms with Gasteiger partial charge in [-0.2, -0.15) is 0 Å². The van der Waals surface area contributed by atoms with Crippen molar-refractivity contribution in [1.82, 2.24) is 0 Å². The second kappa shape index (κ2) is 14.7. The maximum atomic E-state index is 9.99. The number of hydrogen-bond acceptors (Lipinski definition) is 2. The molecule has 0 aromatic carbocycles. The van der Waals surface area contributed by atoms with Crippen LogP contribution in [-0.4, -0.2) is 29.4 Å². The first-order valence-corrected chi connectivity index (χ1v) is 12.0. The van der Waals surface area contributed by atoms with Gasteiger partial charge in [0.25, 0.3) is 0 Å². The summed E-state index contributed by atoms with van der Waals surface area (Å²) in [7, 11) is -1.24. The van der Waals surface area contributed by atoms with E-state index in [0.29, 0.717) is 5.75 Å². The topological polar surface area (TPSA) is 46.5 Å². The summed E-state index contributed by atoms with van der Waals surface area (Å²) in [5, 5.41) is 0. The average Bonchev–Trinajstić information content (AvgIpc) is 2.30. The minimum absolute atomic E-state index is 0.438. The Morgan fingerprint density at radius 2 is 1.53 bits per heavy atom. The van der Waals surface area contributed by atoms with E-state index in [1.54, 1.807) is 0 Å². The molecule has 5 heteroatoms. The zero-order valence-corrected chi connectivity index (χ0v) is 15.4. The van der Waals surface area contributed by atoms with Gasteiger partial charge in [-0.1, -0.05) is 46.0 Å². The van der Waals surface area contributed by atoms with Gasteiger partial charge >= 0.3 is 0 Å². The summed E-state index contributed by atoms with van der Waals surface area (Å²) < 4.78 is 24.0. The normalized spacial score (nSPS) is 12.7. The van der Waals surface area contributed by atoms with Crippen LogP contribution in [0.3, 0.4) is 0 Å². The molecule has 19 heavy (non-hydrogen) atoms. The highest BCUT2D eigenvalue weighted by Gasteiger charge is 2.20. The van der Waals surface area contributed by atoms with E-state index in [-0.39, 0.29) is 0 Å². The van der Waals surface area contributed by atoms with E-state index in [9.17, 15) is 4.21 Å². The number of hydrogen-bond donors (Lipinski definition) is 1. The molecule has 0 saturated carbocycles. The lowest BCUT2D eigenvalue weighted by atomic mass is 10.3. The van der Waals surface area contributed by atoms with Crippen molar-refractivity contribution in [1.29, 1.82) is 0 Å². The van der Waals surface area contributed by atoms with Crippen LogP contribution in [-0.2, 0) is 15.5 Å². The molecule has 0 aliphatic carbocycles. The van der Waals surface area contributed by atoms with E-state index >= 15 is 0 Å². The first-order valence-electron chi connectivity index (χ1n) is 7.61. The Balaban J connectivity index is 0. The molecular formula is C14H34O3SSi. The maximum absolute atomic E-state index is 9.99. The van der Waals surface area contributed by atoms with Crippen molar-refractivity contribution in [3.05, 3.63) is 0 Å². The highest BCUT2D eigenvalue weighted by atomic mass is 32.2. The molecule has 0 amide bonds. The molecule has 0 bridgehead atoms. The van der Waals surface area contributed by atoms with Gasteiger partial charge in [0.15, 0.2) is 19.4 Å². The van der Waals surface area contributed by atoms with Crippen molar-refractivity contribution < 1.29 is 13.2 Å². The van der Waals surface area contributed by atoms with Gasteiger partial charge in [0.1, 0.15) is 0 Å². The van der Waals surface area contributed by atoms with Crippen molar-refractivity contribution in [3.8, 4) is 0 Å². The molecule has 0 rings (SSSR count). The van der Waals surface area contributed by atoms with Crippen molar-refractivity contribution >= 4 is 19.4 Å². The van der Waals surface area contributed by atoms with Crippen LogP contribution in [0.5, 0.6) is 0 Å². The zero-order valence-electron chi connectivity index (χ0n) is 13.5. The van der Waals surface area contributed by atoms with Gasteiger partial charge in [0.2, 0.25) is 0 Å². The molecule has 1 N–H and O–H groups in total. The fraction of sp³-hybridized carbons (Fsp3) is 1.00. The summed E-state index contributed by atoms with van der Waals surface area (Å²) >= 11 is -1.57. The van der Waals surface area contributed by atoms with Crippen LogP contribution in [0.4, 0.5) is 0 Å². The largest absolute Gasteiger partial charge is 0.418 e. The molecular weight excluding hydrogens is 276 g/mol. The minimum atomic E-state index is -1.57. The predicted octanol–water partition coefficient (Wildman–Crippen LogP) is 4.82. The fourth-order valence-corrected chi connectivity index (χ4v) is 4.22. The van der Waals surface area contributed by atoms with E-state index in [0.717, 1.165) is 25.9 Å². The van der Waals surface area contributed by atoms with Crippen molar-refractivity contribution in [3.63, 3.8) is 0 Å². The third-order valence-electron chi connectivity index (χ3n) is 2.84. The van der Waals surface area contributed by atoms with Gasteiger partial charge in [0, 0.05) is 12.4 Å². The Bertz CT molecular complexity index is 211. The third-order valence-corrected chi connectivity index (χ3v) is 6.11. The molecule has 118 valence electrons. The lowest BCUT2D eigenvalue weighted by Crippen LogP contribution is -2.29. The lowest BCUT2D eigenvalue weighted by molar-refractivity contribution is 0.327. The monoisotopic (exact) mass is 310 g/mol. The van der Waals surface area contributed by atoms with Crippen LogP contribution in [0.2, 0.25) is 19.1 Å². The van der Waals surface area contributed by atoms with E-state index in [4.69, 9.17) is 8.98 Å². The number of rotatable bonds is 10. The molecule has 1 unspecified atom stereocenters. The fourth-order valence-electron chi connectivity index (χ4n) is 1.74. The highest BCUT2D eigenvalue weighted by Crippen LogP contribution is 2.15. The van der Waals surface area contributed by atoms with Crippen LogP contribution in [0.15, 0.2) is 0 Å². The Labute approximate surface area is 123 Å². The van der Waals surface area contributed by atoms with Crippen LogP contribution in [0.25, 0.3) is 0 Å². The molecule has 1 atom stereocenters. The van der Waals surface area contributed by atoms with Gasteiger partial charge in [-0.25, -0.2) is 4.21 Å². The Morgan fingerprint density at radius 3 is 1.95 bits per heavy atom. The van der Waals surface area contributed by atoms with E-state index in [1.165, 1.54) is 25.3 Å². The summed E-state index contributed by atoms with van der Waals surface area (Å²) in [6, 6.07) is 1.33. The van der Waals surface area contributed by atoms with Crippen LogP contribution in [0, 0.1) is 0 Å². The molecule has 0 saturated heterocycles. The van der Waals surface area contributed by atoms with Crippen LogP contribution >= 0.6 is 0 Å². The summed E-state index contributed by atoms with van der Waals surface area (Å²) in [6.45, 7) is 11.9. The molecule has 0 aliphatic rings. The standard InChI is InChI=1S/C9H22OSi.C5H12O2S/c1-5-7-8-9-11(3,4)10-6-2;1-2-3-4-5-8(6)7/h5-9H2,1-4H3;2-5H2,1H3,(H,6,7). The summed E-state index contributed by atoms with van der Waals surface area (Å²) in [5.41, 5.74) is 0. The van der Waals surface area contributed by atoms with E-state index in [2.05, 4.69) is 33.9 Å². The molecule has 0 spiro atoms. The molecule has 0 aliphatic heterocycles. The maximum Gasteiger partial charge on any atom is 0.186 e. The lowest BCUT2D eigenvalue weighted by Gasteiger charge is -2.21. The van der Waals surface area contributed by atoms with Gasteiger partial charge in [-0.15, -0.1) is 0 Å². The molecule has 0 fully saturated rings. The van der Waals surface area contributed by atoms with Crippen LogP contribution in [0.1, 0.15) is 59.3 Å². The molecule has 0 aromatic heterocycles. The van der Waals surface area contributed by atoms with Gasteiger partial charge < -0.3 is 8.98 Å². The van der Waals surface area contributed by atoms with Crippen molar-refractivity contribution in [2.24, 2.45) is 0 Å². The first kappa shape index (κ1) is 21.6. The molecule has 3 nitrogen and oxygen atoms in total. The van der Waals surface area contributed by atoms with Gasteiger partial charge in [-0.3, -0.25) is 0 Å². The predicted molar refractivity (Wildman–Crippen MR) is 88.6 cm³/mol. The quantitative estimate of drug-likeness (QED) is 0.357. The Hall–Kier alpha value is 0.287. The Kier molecular flexibility index (Phi) is 16.7. The smallest absolute Gasteiger partial charge is 0.186 e. The average molecular weight is 311 g/mol. The second-order valence-corrected chi connectivity index (χ2v) is 10.7. The summed E-state index contributed by atoms with van der Waals surface area (Å²) in [6.07, 6.45) is 7.08. The SMILES string of the molecule is CCCCCS(=O)O.CCCCC[Si](C)(C)OCC. The second-order valence-electron chi connectivity index (χ2n) is 5.38. The molecule has 0 radical (unpaired) electrons. The minimum Gasteiger partial charge on any atom is -0.418 e. The number of unbranched alkanes of at least 4 members (excludes halogenated alkanes) is 4. The third kappa shape index (κ3) is 20.8. The van der Waals surface area contributed by atoms with Gasteiger partial charge in [0.05, 0.1) is 0 Å². The first-order chi connectivity index (χ1) is 8.89. The van der Waals surface area contributed by atoms with E-state index in [1.807, 2.05) is 0 Å². The summed E-state index contributed by atoms with van der Waals surface area (Å²) in [5.74, 6) is 0.438. The van der Waals surface area contributed by atoms with Gasteiger partial charge in [-0.05, 0) is 32.5 Å². The van der Waals surface area contributed by atoms with E-state index < -0.39 is 19.4 Å². The molecule has 0 aromatic rings.